The van der Waals surface area contributed by atoms with Crippen LogP contribution in [0.2, 0.25) is 0 Å². The molecule has 0 saturated heterocycles. The molecule has 82 valence electrons. The van der Waals surface area contributed by atoms with E-state index in [-0.39, 0.29) is 6.10 Å². The summed E-state index contributed by atoms with van der Waals surface area (Å²) < 4.78 is 0. The van der Waals surface area contributed by atoms with Gasteiger partial charge in [-0.1, -0.05) is 18.2 Å². The molecule has 0 heterocycles. The fourth-order valence-electron chi connectivity index (χ4n) is 1.70. The molecule has 2 nitrogen and oxygen atoms in total. The van der Waals surface area contributed by atoms with Crippen molar-refractivity contribution in [1.82, 2.24) is 5.32 Å². The van der Waals surface area contributed by atoms with Gasteiger partial charge >= 0.3 is 0 Å². The summed E-state index contributed by atoms with van der Waals surface area (Å²) in [4.78, 5) is 1.33. The summed E-state index contributed by atoms with van der Waals surface area (Å²) in [7, 11) is 0. The molecule has 2 N–H and O–H groups in total. The second-order valence-corrected chi connectivity index (χ2v) is 5.11. The maximum Gasteiger partial charge on any atom is 0.0570 e. The molecule has 2 rings (SSSR count). The molecule has 0 bridgehead atoms. The van der Waals surface area contributed by atoms with Crippen LogP contribution in [0, 0.1) is 0 Å². The molecule has 0 atom stereocenters. The number of aliphatic hydroxyl groups excluding tert-OH is 1. The second kappa shape index (κ2) is 5.54. The van der Waals surface area contributed by atoms with Gasteiger partial charge in [-0.25, -0.2) is 0 Å². The summed E-state index contributed by atoms with van der Waals surface area (Å²) in [6.07, 6.45) is 1.80. The van der Waals surface area contributed by atoms with Crippen molar-refractivity contribution in [3.05, 3.63) is 30.3 Å². The number of benzene rings is 1. The molecule has 1 saturated carbocycles. The summed E-state index contributed by atoms with van der Waals surface area (Å²) >= 11 is 1.87. The maximum absolute atomic E-state index is 9.11. The van der Waals surface area contributed by atoms with E-state index in [1.165, 1.54) is 4.90 Å². The van der Waals surface area contributed by atoms with Crippen molar-refractivity contribution in [3.8, 4) is 0 Å². The monoisotopic (exact) mass is 223 g/mol. The van der Waals surface area contributed by atoms with E-state index >= 15 is 0 Å². The van der Waals surface area contributed by atoms with Crippen molar-refractivity contribution >= 4 is 11.8 Å². The Labute approximate surface area is 95.1 Å². The molecular weight excluding hydrogens is 206 g/mol. The third kappa shape index (κ3) is 3.52. The van der Waals surface area contributed by atoms with Crippen LogP contribution in [0.1, 0.15) is 12.8 Å². The average Bonchev–Trinajstić information content (AvgIpc) is 2.23. The first kappa shape index (κ1) is 11.0. The summed E-state index contributed by atoms with van der Waals surface area (Å²) in [6, 6.07) is 11.0. The lowest BCUT2D eigenvalue weighted by molar-refractivity contribution is 0.0635. The molecule has 1 aliphatic rings. The van der Waals surface area contributed by atoms with Crippen LogP contribution < -0.4 is 5.32 Å². The zero-order valence-corrected chi connectivity index (χ0v) is 9.54. The Bertz CT molecular complexity index is 285. The number of nitrogens with one attached hydrogen (secondary N) is 1. The number of thioether (sulfide) groups is 1. The van der Waals surface area contributed by atoms with Crippen LogP contribution in [0.15, 0.2) is 35.2 Å². The number of rotatable bonds is 5. The molecule has 0 unspecified atom stereocenters. The lowest BCUT2D eigenvalue weighted by Gasteiger charge is -2.32. The maximum atomic E-state index is 9.11. The Hall–Kier alpha value is -0.510. The highest BCUT2D eigenvalue weighted by Crippen LogP contribution is 2.20. The molecule has 0 aliphatic heterocycles. The first-order valence-corrected chi connectivity index (χ1v) is 6.42. The lowest BCUT2D eigenvalue weighted by atomic mass is 9.90. The highest BCUT2D eigenvalue weighted by atomic mass is 32.2. The summed E-state index contributed by atoms with van der Waals surface area (Å²) in [5.74, 6) is 1.09. The van der Waals surface area contributed by atoms with Crippen LogP contribution in [0.5, 0.6) is 0 Å². The van der Waals surface area contributed by atoms with E-state index in [9.17, 15) is 0 Å². The van der Waals surface area contributed by atoms with Gasteiger partial charge in [0.15, 0.2) is 0 Å². The van der Waals surface area contributed by atoms with Gasteiger partial charge in [0.2, 0.25) is 0 Å². The predicted octanol–water partition coefficient (Wildman–Crippen LogP) is 1.89. The molecule has 0 spiro atoms. The molecule has 0 radical (unpaired) electrons. The van der Waals surface area contributed by atoms with Gasteiger partial charge in [0.05, 0.1) is 6.10 Å². The Morgan fingerprint density at radius 3 is 2.67 bits per heavy atom. The molecule has 1 fully saturated rings. The van der Waals surface area contributed by atoms with Gasteiger partial charge in [0, 0.05) is 23.2 Å². The molecule has 1 aliphatic carbocycles. The first-order chi connectivity index (χ1) is 7.34. The third-order valence-corrected chi connectivity index (χ3v) is 3.67. The predicted molar refractivity (Wildman–Crippen MR) is 64.2 cm³/mol. The minimum Gasteiger partial charge on any atom is -0.393 e. The van der Waals surface area contributed by atoms with Crippen molar-refractivity contribution in [1.29, 1.82) is 0 Å². The molecular formula is C12H17NOS. The molecule has 1 aromatic rings. The topological polar surface area (TPSA) is 32.3 Å². The van der Waals surface area contributed by atoms with E-state index < -0.39 is 0 Å². The van der Waals surface area contributed by atoms with Gasteiger partial charge in [-0.05, 0) is 25.0 Å². The highest BCUT2D eigenvalue weighted by Gasteiger charge is 2.25. The second-order valence-electron chi connectivity index (χ2n) is 3.94. The van der Waals surface area contributed by atoms with Gasteiger partial charge < -0.3 is 10.4 Å². The van der Waals surface area contributed by atoms with E-state index in [4.69, 9.17) is 5.11 Å². The average molecular weight is 223 g/mol. The van der Waals surface area contributed by atoms with E-state index in [0.29, 0.717) is 6.04 Å². The summed E-state index contributed by atoms with van der Waals surface area (Å²) in [5.41, 5.74) is 0. The SMILES string of the molecule is OC1CC(NCCSc2ccccc2)C1. The molecule has 1 aromatic carbocycles. The van der Waals surface area contributed by atoms with E-state index in [0.717, 1.165) is 25.1 Å². The standard InChI is InChI=1S/C12H17NOS/c14-11-8-10(9-11)13-6-7-15-12-4-2-1-3-5-12/h1-5,10-11,13-14H,6-9H2. The van der Waals surface area contributed by atoms with Gasteiger partial charge in [0.25, 0.3) is 0 Å². The lowest BCUT2D eigenvalue weighted by Crippen LogP contribution is -2.44. The van der Waals surface area contributed by atoms with Crippen molar-refractivity contribution in [2.75, 3.05) is 12.3 Å². The normalized spacial score (nSPS) is 24.9. The molecule has 0 aromatic heterocycles. The number of hydrogen-bond acceptors (Lipinski definition) is 3. The molecule has 0 amide bonds. The minimum atomic E-state index is -0.0516. The smallest absolute Gasteiger partial charge is 0.0570 e. The van der Waals surface area contributed by atoms with Gasteiger partial charge in [-0.3, -0.25) is 0 Å². The van der Waals surface area contributed by atoms with Crippen molar-refractivity contribution in [2.45, 2.75) is 29.9 Å². The van der Waals surface area contributed by atoms with Crippen LogP contribution >= 0.6 is 11.8 Å². The van der Waals surface area contributed by atoms with Crippen molar-refractivity contribution < 1.29 is 5.11 Å². The fraction of sp³-hybridized carbons (Fsp3) is 0.500. The van der Waals surface area contributed by atoms with Crippen LogP contribution in [0.4, 0.5) is 0 Å². The van der Waals surface area contributed by atoms with Crippen molar-refractivity contribution in [2.24, 2.45) is 0 Å². The Balaban J connectivity index is 1.56. The number of hydrogen-bond donors (Lipinski definition) is 2. The molecule has 15 heavy (non-hydrogen) atoms. The van der Waals surface area contributed by atoms with Gasteiger partial charge in [-0.15, -0.1) is 11.8 Å². The van der Waals surface area contributed by atoms with Gasteiger partial charge in [0.1, 0.15) is 0 Å². The van der Waals surface area contributed by atoms with Crippen LogP contribution in [0.25, 0.3) is 0 Å². The van der Waals surface area contributed by atoms with Crippen LogP contribution in [0.3, 0.4) is 0 Å². The zero-order chi connectivity index (χ0) is 10.5. The Morgan fingerprint density at radius 2 is 2.00 bits per heavy atom. The highest BCUT2D eigenvalue weighted by molar-refractivity contribution is 7.99. The molecule has 3 heteroatoms. The minimum absolute atomic E-state index is 0.0516. The largest absolute Gasteiger partial charge is 0.393 e. The summed E-state index contributed by atoms with van der Waals surface area (Å²) in [6.45, 7) is 1.02. The Kier molecular flexibility index (Phi) is 4.06. The fourth-order valence-corrected chi connectivity index (χ4v) is 2.51. The summed E-state index contributed by atoms with van der Waals surface area (Å²) in [5, 5.41) is 12.5. The van der Waals surface area contributed by atoms with E-state index in [1.54, 1.807) is 0 Å². The first-order valence-electron chi connectivity index (χ1n) is 5.44. The van der Waals surface area contributed by atoms with Crippen LogP contribution in [-0.4, -0.2) is 29.5 Å². The van der Waals surface area contributed by atoms with E-state index in [1.807, 2.05) is 17.8 Å². The Morgan fingerprint density at radius 1 is 1.27 bits per heavy atom. The van der Waals surface area contributed by atoms with Gasteiger partial charge in [-0.2, -0.15) is 0 Å². The quantitative estimate of drug-likeness (QED) is 0.590. The third-order valence-electron chi connectivity index (χ3n) is 2.66. The zero-order valence-electron chi connectivity index (χ0n) is 8.73. The van der Waals surface area contributed by atoms with Crippen LogP contribution in [-0.2, 0) is 0 Å². The van der Waals surface area contributed by atoms with Crippen molar-refractivity contribution in [3.63, 3.8) is 0 Å². The number of aliphatic hydroxyl groups is 1. The van der Waals surface area contributed by atoms with E-state index in [2.05, 4.69) is 29.6 Å².